The maximum Gasteiger partial charge on any atom is 0.191 e. The molecule has 0 aliphatic carbocycles. The predicted octanol–water partition coefficient (Wildman–Crippen LogP) is 3.12. The minimum Gasteiger partial charge on any atom is -0.379 e. The van der Waals surface area contributed by atoms with Gasteiger partial charge in [-0.3, -0.25) is 9.89 Å². The standard InChI is InChI=1S/C20H37N5OS.HI/c1-15(2)16(25-9-11-26-12-10-25)13-23-19(21-6)22-8-7-18-24-17(14-27-18)20(3,4)5;/h14-16H,7-13H2,1-6H3,(H2,21,22,23);1H. The average molecular weight is 524 g/mol. The minimum absolute atomic E-state index is 0. The third-order valence-corrected chi connectivity index (χ3v) is 5.85. The Bertz CT molecular complexity index is 594. The largest absolute Gasteiger partial charge is 0.379 e. The topological polar surface area (TPSA) is 61.8 Å². The highest BCUT2D eigenvalue weighted by Crippen LogP contribution is 2.23. The summed E-state index contributed by atoms with van der Waals surface area (Å²) in [6.07, 6.45) is 0.915. The fourth-order valence-corrected chi connectivity index (χ4v) is 4.20. The molecule has 1 atom stereocenters. The molecule has 2 rings (SSSR count). The van der Waals surface area contributed by atoms with Gasteiger partial charge in [-0.25, -0.2) is 4.98 Å². The second-order valence-corrected chi connectivity index (χ2v) is 9.41. The van der Waals surface area contributed by atoms with Gasteiger partial charge in [-0.15, -0.1) is 35.3 Å². The lowest BCUT2D eigenvalue weighted by Crippen LogP contribution is -2.52. The monoisotopic (exact) mass is 523 g/mol. The molecule has 1 saturated heterocycles. The van der Waals surface area contributed by atoms with Crippen molar-refractivity contribution in [2.45, 2.75) is 52.5 Å². The van der Waals surface area contributed by atoms with Crippen molar-refractivity contribution in [2.24, 2.45) is 10.9 Å². The van der Waals surface area contributed by atoms with Crippen molar-refractivity contribution < 1.29 is 4.74 Å². The maximum absolute atomic E-state index is 5.49. The summed E-state index contributed by atoms with van der Waals surface area (Å²) in [5.74, 6) is 1.45. The van der Waals surface area contributed by atoms with Gasteiger partial charge < -0.3 is 15.4 Å². The number of guanidine groups is 1. The molecule has 0 bridgehead atoms. The minimum atomic E-state index is 0. The number of hydrogen-bond acceptors (Lipinski definition) is 5. The third-order valence-electron chi connectivity index (χ3n) is 4.94. The molecule has 162 valence electrons. The Morgan fingerprint density at radius 1 is 1.29 bits per heavy atom. The quantitative estimate of drug-likeness (QED) is 0.327. The predicted molar refractivity (Wildman–Crippen MR) is 130 cm³/mol. The van der Waals surface area contributed by atoms with Gasteiger partial charge in [0.25, 0.3) is 0 Å². The van der Waals surface area contributed by atoms with Crippen molar-refractivity contribution in [1.29, 1.82) is 0 Å². The molecule has 0 amide bonds. The van der Waals surface area contributed by atoms with Crippen LogP contribution in [0.15, 0.2) is 10.4 Å². The highest BCUT2D eigenvalue weighted by atomic mass is 127. The molecule has 2 N–H and O–H groups in total. The number of ether oxygens (including phenoxy) is 1. The molecule has 0 saturated carbocycles. The zero-order chi connectivity index (χ0) is 19.9. The molecule has 1 aliphatic heterocycles. The van der Waals surface area contributed by atoms with Crippen molar-refractivity contribution in [3.8, 4) is 0 Å². The molecule has 28 heavy (non-hydrogen) atoms. The normalized spacial score (nSPS) is 17.3. The first kappa shape index (κ1) is 25.6. The number of nitrogens with one attached hydrogen (secondary N) is 2. The summed E-state index contributed by atoms with van der Waals surface area (Å²) in [5, 5.41) is 10.3. The Morgan fingerprint density at radius 3 is 2.50 bits per heavy atom. The molecule has 1 fully saturated rings. The highest BCUT2D eigenvalue weighted by Gasteiger charge is 2.24. The van der Waals surface area contributed by atoms with Crippen LogP contribution in [0.1, 0.15) is 45.3 Å². The van der Waals surface area contributed by atoms with Gasteiger partial charge in [0.1, 0.15) is 0 Å². The van der Waals surface area contributed by atoms with E-state index in [-0.39, 0.29) is 29.4 Å². The summed E-state index contributed by atoms with van der Waals surface area (Å²) >= 11 is 1.75. The van der Waals surface area contributed by atoms with Gasteiger partial charge in [-0.2, -0.15) is 0 Å². The molecule has 0 radical (unpaired) electrons. The Hall–Kier alpha value is -0.450. The lowest BCUT2D eigenvalue weighted by molar-refractivity contribution is 0.00752. The van der Waals surface area contributed by atoms with E-state index in [0.29, 0.717) is 12.0 Å². The van der Waals surface area contributed by atoms with E-state index in [1.807, 2.05) is 7.05 Å². The van der Waals surface area contributed by atoms with Crippen molar-refractivity contribution in [1.82, 2.24) is 20.5 Å². The Labute approximate surface area is 192 Å². The summed E-state index contributed by atoms with van der Waals surface area (Å²) < 4.78 is 5.49. The molecule has 2 heterocycles. The van der Waals surface area contributed by atoms with Crippen LogP contribution >= 0.6 is 35.3 Å². The van der Waals surface area contributed by atoms with Crippen molar-refractivity contribution in [2.75, 3.05) is 46.4 Å². The van der Waals surface area contributed by atoms with E-state index in [1.54, 1.807) is 11.3 Å². The van der Waals surface area contributed by atoms with Gasteiger partial charge in [0, 0.05) is 56.5 Å². The van der Waals surface area contributed by atoms with E-state index < -0.39 is 0 Å². The summed E-state index contributed by atoms with van der Waals surface area (Å²) in [4.78, 5) is 11.7. The Kier molecular flexibility index (Phi) is 11.2. The van der Waals surface area contributed by atoms with E-state index in [0.717, 1.165) is 51.8 Å². The highest BCUT2D eigenvalue weighted by molar-refractivity contribution is 14.0. The zero-order valence-electron chi connectivity index (χ0n) is 18.2. The second-order valence-electron chi connectivity index (χ2n) is 8.47. The maximum atomic E-state index is 5.49. The second kappa shape index (κ2) is 12.3. The number of aliphatic imine (C=N–C) groups is 1. The van der Waals surface area contributed by atoms with Crippen LogP contribution in [0.5, 0.6) is 0 Å². The molecule has 6 nitrogen and oxygen atoms in total. The molecule has 1 unspecified atom stereocenters. The molecule has 0 spiro atoms. The van der Waals surface area contributed by atoms with Gasteiger partial charge in [0.05, 0.1) is 23.9 Å². The van der Waals surface area contributed by atoms with E-state index in [1.165, 1.54) is 10.7 Å². The summed E-state index contributed by atoms with van der Waals surface area (Å²) in [6, 6.07) is 0.487. The molecule has 1 aliphatic rings. The van der Waals surface area contributed by atoms with Crippen LogP contribution in [0.3, 0.4) is 0 Å². The van der Waals surface area contributed by atoms with Crippen LogP contribution in [0, 0.1) is 5.92 Å². The first-order valence-corrected chi connectivity index (χ1v) is 10.9. The van der Waals surface area contributed by atoms with E-state index in [9.17, 15) is 0 Å². The van der Waals surface area contributed by atoms with Crippen LogP contribution in [-0.2, 0) is 16.6 Å². The molecule has 1 aromatic rings. The van der Waals surface area contributed by atoms with Crippen molar-refractivity contribution in [3.63, 3.8) is 0 Å². The van der Waals surface area contributed by atoms with Crippen molar-refractivity contribution in [3.05, 3.63) is 16.1 Å². The average Bonchev–Trinajstić information content (AvgIpc) is 3.10. The van der Waals surface area contributed by atoms with Crippen molar-refractivity contribution >= 4 is 41.3 Å². The number of hydrogen-bond donors (Lipinski definition) is 2. The van der Waals surface area contributed by atoms with Gasteiger partial charge in [-0.1, -0.05) is 34.6 Å². The van der Waals surface area contributed by atoms with E-state index >= 15 is 0 Å². The summed E-state index contributed by atoms with van der Waals surface area (Å²) in [7, 11) is 1.83. The summed E-state index contributed by atoms with van der Waals surface area (Å²) in [6.45, 7) is 16.6. The Morgan fingerprint density at radius 2 is 1.96 bits per heavy atom. The van der Waals surface area contributed by atoms with Crippen LogP contribution < -0.4 is 10.6 Å². The number of morpholine rings is 1. The molecular weight excluding hydrogens is 485 g/mol. The lowest BCUT2D eigenvalue weighted by atomic mass is 9.93. The smallest absolute Gasteiger partial charge is 0.191 e. The van der Waals surface area contributed by atoms with E-state index in [4.69, 9.17) is 9.72 Å². The van der Waals surface area contributed by atoms with Gasteiger partial charge in [0.15, 0.2) is 5.96 Å². The first-order valence-electron chi connectivity index (χ1n) is 10.0. The SMILES string of the molecule is CN=C(NCCc1nc(C(C)(C)C)cs1)NCC(C(C)C)N1CCOCC1.I. The fraction of sp³-hybridized carbons (Fsp3) is 0.800. The number of nitrogens with zero attached hydrogens (tertiary/aromatic N) is 3. The van der Waals surface area contributed by atoms with Gasteiger partial charge >= 0.3 is 0 Å². The first-order chi connectivity index (χ1) is 12.8. The van der Waals surface area contributed by atoms with Crippen LogP contribution in [-0.4, -0.2) is 68.3 Å². The number of rotatable bonds is 7. The van der Waals surface area contributed by atoms with Gasteiger partial charge in [-0.05, 0) is 5.92 Å². The third kappa shape index (κ3) is 8.12. The fourth-order valence-electron chi connectivity index (χ4n) is 3.18. The summed E-state index contributed by atoms with van der Waals surface area (Å²) in [5.41, 5.74) is 1.29. The molecule has 8 heteroatoms. The number of aromatic nitrogens is 1. The van der Waals surface area contributed by atoms with E-state index in [2.05, 4.69) is 60.5 Å². The lowest BCUT2D eigenvalue weighted by Gasteiger charge is -2.37. The number of thiazole rings is 1. The molecule has 1 aromatic heterocycles. The van der Waals surface area contributed by atoms with Crippen LogP contribution in [0.4, 0.5) is 0 Å². The molecular formula is C20H38IN5OS. The van der Waals surface area contributed by atoms with Crippen LogP contribution in [0.25, 0.3) is 0 Å². The van der Waals surface area contributed by atoms with Gasteiger partial charge in [0.2, 0.25) is 0 Å². The Balaban J connectivity index is 0.00000392. The zero-order valence-corrected chi connectivity index (χ0v) is 21.4. The molecule has 0 aromatic carbocycles. The van der Waals surface area contributed by atoms with Crippen LogP contribution in [0.2, 0.25) is 0 Å². The number of halogens is 1.